The molecule has 7 aromatic rings. The van der Waals surface area contributed by atoms with Crippen LogP contribution >= 0.6 is 0 Å². The number of allylic oxidation sites excluding steroid dienone is 12. The van der Waals surface area contributed by atoms with Crippen LogP contribution in [-0.4, -0.2) is 9.13 Å². The van der Waals surface area contributed by atoms with Gasteiger partial charge in [0.2, 0.25) is 0 Å². The SMILES string of the molecule is C=C/C1=C(\C=C)c2cc(-n3c4ccccc4c4cc(-n5c6ccccc6c6ccccc65)ccc43)ccc2C(/C=C\C)=C(C)/C(C)=C1/C=C\C. The molecular formula is C48H40N2. The number of hydrogen-bond donors (Lipinski definition) is 0. The number of aromatic nitrogens is 2. The van der Waals surface area contributed by atoms with Crippen LogP contribution in [0.1, 0.15) is 38.8 Å². The molecule has 0 aliphatic heterocycles. The Kier molecular flexibility index (Phi) is 7.73. The van der Waals surface area contributed by atoms with Crippen LogP contribution in [0.25, 0.3) is 66.1 Å². The van der Waals surface area contributed by atoms with E-state index in [1.165, 1.54) is 71.5 Å². The van der Waals surface area contributed by atoms with Gasteiger partial charge in [0.05, 0.1) is 22.1 Å². The van der Waals surface area contributed by atoms with Gasteiger partial charge in [-0.25, -0.2) is 0 Å². The van der Waals surface area contributed by atoms with Crippen LogP contribution in [-0.2, 0) is 0 Å². The molecule has 8 rings (SSSR count). The Bertz CT molecular complexity index is 2650. The summed E-state index contributed by atoms with van der Waals surface area (Å²) in [6, 6.07) is 40.0. The Labute approximate surface area is 294 Å². The molecule has 0 spiro atoms. The molecule has 0 unspecified atom stereocenters. The van der Waals surface area contributed by atoms with E-state index in [0.717, 1.165) is 28.1 Å². The van der Waals surface area contributed by atoms with Gasteiger partial charge in [-0.05, 0) is 121 Å². The van der Waals surface area contributed by atoms with Gasteiger partial charge >= 0.3 is 0 Å². The molecule has 0 bridgehead atoms. The second-order valence-electron chi connectivity index (χ2n) is 13.0. The summed E-state index contributed by atoms with van der Waals surface area (Å²) >= 11 is 0. The third kappa shape index (κ3) is 4.64. The molecule has 2 aromatic heterocycles. The highest BCUT2D eigenvalue weighted by atomic mass is 15.0. The molecule has 0 amide bonds. The van der Waals surface area contributed by atoms with Crippen LogP contribution in [0.15, 0.2) is 181 Å². The summed E-state index contributed by atoms with van der Waals surface area (Å²) in [5, 5.41) is 4.97. The minimum atomic E-state index is 1.08. The zero-order valence-electron chi connectivity index (χ0n) is 29.2. The summed E-state index contributed by atoms with van der Waals surface area (Å²) in [6.07, 6.45) is 12.7. The standard InChI is InChI=1S/C48H40N2/c1-7-17-37-31(5)32(6)38(18-8-2)39-27-25-33(29-43(39)36(10-4)35(37)9-3)50-47-24-16-13-21-42(47)44-30-34(26-28-48(44)50)49-45-22-14-11-19-40(45)41-20-12-15-23-46(41)49/h7-30H,3-4H2,1-2,5-6H3/b17-7-,18-8-,32-31?,36-35-,37-31-,37-35?,38-32+,39-38?,43-36?. The molecule has 0 saturated carbocycles. The normalized spacial score (nSPS) is 18.5. The molecule has 2 heterocycles. The van der Waals surface area contributed by atoms with Crippen molar-refractivity contribution in [2.75, 3.05) is 0 Å². The van der Waals surface area contributed by atoms with Crippen LogP contribution < -0.4 is 0 Å². The number of para-hydroxylation sites is 3. The maximum Gasteiger partial charge on any atom is 0.0542 e. The fraction of sp³-hybridized carbons (Fsp3) is 0.0833. The molecule has 0 saturated heterocycles. The van der Waals surface area contributed by atoms with E-state index in [1.54, 1.807) is 0 Å². The Morgan fingerprint density at radius 1 is 0.440 bits per heavy atom. The van der Waals surface area contributed by atoms with E-state index in [2.05, 4.69) is 183 Å². The van der Waals surface area contributed by atoms with Crippen molar-refractivity contribution >= 4 is 54.8 Å². The summed E-state index contributed by atoms with van der Waals surface area (Å²) < 4.78 is 4.81. The Balaban J connectivity index is 1.42. The van der Waals surface area contributed by atoms with Gasteiger partial charge in [0.1, 0.15) is 0 Å². The summed E-state index contributed by atoms with van der Waals surface area (Å²) in [6.45, 7) is 17.2. The fourth-order valence-electron chi connectivity index (χ4n) is 8.01. The van der Waals surface area contributed by atoms with E-state index < -0.39 is 0 Å². The predicted molar refractivity (Wildman–Crippen MR) is 217 cm³/mol. The first kappa shape index (κ1) is 31.2. The van der Waals surface area contributed by atoms with Gasteiger partial charge in [0, 0.05) is 32.9 Å². The van der Waals surface area contributed by atoms with Gasteiger partial charge in [0.15, 0.2) is 0 Å². The van der Waals surface area contributed by atoms with Crippen LogP contribution in [0.2, 0.25) is 0 Å². The lowest BCUT2D eigenvalue weighted by Gasteiger charge is -2.24. The Morgan fingerprint density at radius 3 is 1.46 bits per heavy atom. The van der Waals surface area contributed by atoms with E-state index in [4.69, 9.17) is 0 Å². The zero-order chi connectivity index (χ0) is 34.5. The van der Waals surface area contributed by atoms with E-state index in [9.17, 15) is 0 Å². The van der Waals surface area contributed by atoms with E-state index in [1.807, 2.05) is 12.2 Å². The first-order valence-electron chi connectivity index (χ1n) is 17.3. The monoisotopic (exact) mass is 644 g/mol. The molecule has 50 heavy (non-hydrogen) atoms. The lowest BCUT2D eigenvalue weighted by Crippen LogP contribution is -2.05. The Hall–Kier alpha value is -6.12. The largest absolute Gasteiger partial charge is 0.309 e. The second kappa shape index (κ2) is 12.4. The average molecular weight is 645 g/mol. The number of hydrogen-bond acceptors (Lipinski definition) is 0. The van der Waals surface area contributed by atoms with Crippen molar-refractivity contribution in [3.05, 3.63) is 192 Å². The van der Waals surface area contributed by atoms with Crippen LogP contribution in [0.3, 0.4) is 0 Å². The van der Waals surface area contributed by atoms with Gasteiger partial charge in [-0.2, -0.15) is 0 Å². The van der Waals surface area contributed by atoms with Crippen molar-refractivity contribution in [2.24, 2.45) is 0 Å². The molecule has 5 aromatic carbocycles. The average Bonchev–Trinajstić information content (AvgIpc) is 3.67. The highest BCUT2D eigenvalue weighted by Crippen LogP contribution is 2.42. The summed E-state index contributed by atoms with van der Waals surface area (Å²) in [5.74, 6) is 0. The number of benzene rings is 5. The van der Waals surface area contributed by atoms with Crippen molar-refractivity contribution in [3.63, 3.8) is 0 Å². The highest BCUT2D eigenvalue weighted by molar-refractivity contribution is 6.12. The predicted octanol–water partition coefficient (Wildman–Crippen LogP) is 13.3. The molecule has 242 valence electrons. The molecular weight excluding hydrogens is 605 g/mol. The zero-order valence-corrected chi connectivity index (χ0v) is 29.2. The maximum atomic E-state index is 4.34. The minimum Gasteiger partial charge on any atom is -0.309 e. The van der Waals surface area contributed by atoms with Crippen molar-refractivity contribution in [1.29, 1.82) is 0 Å². The van der Waals surface area contributed by atoms with Crippen molar-refractivity contribution < 1.29 is 0 Å². The number of rotatable bonds is 6. The van der Waals surface area contributed by atoms with Gasteiger partial charge < -0.3 is 9.13 Å². The number of nitrogens with zero attached hydrogens (tertiary/aromatic N) is 2. The van der Waals surface area contributed by atoms with Crippen molar-refractivity contribution in [1.82, 2.24) is 9.13 Å². The number of fused-ring (bicyclic) bond motifs is 7. The molecule has 0 radical (unpaired) electrons. The van der Waals surface area contributed by atoms with E-state index in [0.29, 0.717) is 0 Å². The van der Waals surface area contributed by atoms with E-state index in [-0.39, 0.29) is 0 Å². The molecule has 1 aliphatic rings. The smallest absolute Gasteiger partial charge is 0.0542 e. The van der Waals surface area contributed by atoms with Crippen LogP contribution in [0.5, 0.6) is 0 Å². The van der Waals surface area contributed by atoms with Gasteiger partial charge in [-0.3, -0.25) is 0 Å². The topological polar surface area (TPSA) is 9.86 Å². The lowest BCUT2D eigenvalue weighted by molar-refractivity contribution is 1.16. The molecule has 2 nitrogen and oxygen atoms in total. The molecule has 0 N–H and O–H groups in total. The first-order valence-corrected chi connectivity index (χ1v) is 17.3. The molecule has 1 aliphatic carbocycles. The minimum absolute atomic E-state index is 1.08. The van der Waals surface area contributed by atoms with Crippen molar-refractivity contribution in [3.8, 4) is 11.4 Å². The van der Waals surface area contributed by atoms with E-state index >= 15 is 0 Å². The van der Waals surface area contributed by atoms with Gasteiger partial charge in [-0.1, -0.05) is 110 Å². The third-order valence-corrected chi connectivity index (χ3v) is 10.4. The highest BCUT2D eigenvalue weighted by Gasteiger charge is 2.22. The summed E-state index contributed by atoms with van der Waals surface area (Å²) in [5.41, 5.74) is 16.4. The molecule has 0 fully saturated rings. The lowest BCUT2D eigenvalue weighted by atomic mass is 9.81. The van der Waals surface area contributed by atoms with Crippen LogP contribution in [0.4, 0.5) is 0 Å². The molecule has 0 atom stereocenters. The second-order valence-corrected chi connectivity index (χ2v) is 13.0. The van der Waals surface area contributed by atoms with Crippen LogP contribution in [0, 0.1) is 0 Å². The summed E-state index contributed by atoms with van der Waals surface area (Å²) in [4.78, 5) is 0. The fourth-order valence-corrected chi connectivity index (χ4v) is 8.01. The van der Waals surface area contributed by atoms with Crippen molar-refractivity contribution in [2.45, 2.75) is 27.7 Å². The maximum absolute atomic E-state index is 4.34. The molecule has 2 heteroatoms. The quantitative estimate of drug-likeness (QED) is 0.170. The van der Waals surface area contributed by atoms with Gasteiger partial charge in [0.25, 0.3) is 0 Å². The Morgan fingerprint density at radius 2 is 0.900 bits per heavy atom. The van der Waals surface area contributed by atoms with Gasteiger partial charge in [-0.15, -0.1) is 0 Å². The first-order chi connectivity index (χ1) is 24.5. The third-order valence-electron chi connectivity index (χ3n) is 10.4. The summed E-state index contributed by atoms with van der Waals surface area (Å²) in [7, 11) is 0.